The Labute approximate surface area is 157 Å². The smallest absolute Gasteiger partial charge is 0.282 e. The van der Waals surface area contributed by atoms with Gasteiger partial charge >= 0.3 is 0 Å². The van der Waals surface area contributed by atoms with E-state index in [0.717, 1.165) is 35.7 Å². The maximum absolute atomic E-state index is 12.4. The molecule has 4 nitrogen and oxygen atoms in total. The predicted octanol–water partition coefficient (Wildman–Crippen LogP) is 2.89. The maximum atomic E-state index is 12.4. The summed E-state index contributed by atoms with van der Waals surface area (Å²) in [4.78, 5) is 18.5. The Bertz CT molecular complexity index is 864. The van der Waals surface area contributed by atoms with Crippen LogP contribution in [0, 0.1) is 0 Å². The molecule has 26 heavy (non-hydrogen) atoms. The number of hydrogen-bond donors (Lipinski definition) is 2. The molecule has 0 spiro atoms. The van der Waals surface area contributed by atoms with Gasteiger partial charge in [0.2, 0.25) is 0 Å². The molecule has 2 heterocycles. The number of nitrogens with zero attached hydrogens (tertiary/aromatic N) is 1. The Hall–Kier alpha value is -2.24. The first-order valence-electron chi connectivity index (χ1n) is 9.28. The lowest BCUT2D eigenvalue weighted by molar-refractivity contribution is -0.901. The fraction of sp³-hybridized carbons (Fsp3) is 0.333. The molecular weight excluding hydrogens is 342 g/mol. The number of benzene rings is 2. The molecule has 1 fully saturated rings. The van der Waals surface area contributed by atoms with Gasteiger partial charge in [0, 0.05) is 24.9 Å². The molecule has 1 saturated heterocycles. The number of quaternary nitrogens is 1. The van der Waals surface area contributed by atoms with Crippen LogP contribution in [0.5, 0.6) is 0 Å². The van der Waals surface area contributed by atoms with E-state index in [0.29, 0.717) is 0 Å². The molecule has 1 aliphatic rings. The molecule has 0 unspecified atom stereocenters. The summed E-state index contributed by atoms with van der Waals surface area (Å²) in [5.41, 5.74) is 3.14. The maximum Gasteiger partial charge on any atom is 0.282 e. The number of carbonyl (C=O) groups is 1. The average Bonchev–Trinajstić information content (AvgIpc) is 3.31. The molecule has 1 atom stereocenters. The number of rotatable bonds is 5. The van der Waals surface area contributed by atoms with Crippen LogP contribution in [0.3, 0.4) is 0 Å². The molecule has 3 aromatic rings. The molecule has 0 radical (unpaired) electrons. The summed E-state index contributed by atoms with van der Waals surface area (Å²) in [6.07, 6.45) is 3.28. The molecule has 0 saturated carbocycles. The Balaban J connectivity index is 1.39. The van der Waals surface area contributed by atoms with Gasteiger partial charge < -0.3 is 10.2 Å². The van der Waals surface area contributed by atoms with Gasteiger partial charge in [-0.25, -0.2) is 4.98 Å². The molecule has 1 aromatic heterocycles. The van der Waals surface area contributed by atoms with Crippen molar-refractivity contribution in [3.05, 3.63) is 59.1 Å². The second-order valence-electron chi connectivity index (χ2n) is 7.03. The van der Waals surface area contributed by atoms with Gasteiger partial charge in [0.15, 0.2) is 6.04 Å². The van der Waals surface area contributed by atoms with E-state index in [9.17, 15) is 4.79 Å². The van der Waals surface area contributed by atoms with Crippen molar-refractivity contribution < 1.29 is 9.69 Å². The number of thiazole rings is 1. The second-order valence-corrected chi connectivity index (χ2v) is 8.14. The van der Waals surface area contributed by atoms with Crippen LogP contribution < -0.4 is 10.2 Å². The third-order valence-corrected chi connectivity index (χ3v) is 6.20. The van der Waals surface area contributed by atoms with Gasteiger partial charge in [0.1, 0.15) is 0 Å². The number of carbonyl (C=O) groups excluding carboxylic acids is 1. The van der Waals surface area contributed by atoms with Crippen LogP contribution in [0.2, 0.25) is 0 Å². The molecule has 1 amide bonds. The minimum atomic E-state index is 0.0138. The van der Waals surface area contributed by atoms with Gasteiger partial charge in [-0.3, -0.25) is 4.79 Å². The SMILES string of the molecule is C[C@H](C(=O)Nc1ccc(Cc2nc3ccccc3s2)cc1)[NH+]1CCCC1. The standard InChI is InChI=1S/C21H23N3OS/c1-15(24-12-4-5-13-24)21(25)22-17-10-8-16(9-11-17)14-20-23-18-6-2-3-7-19(18)26-20/h2-3,6-11,15H,4-5,12-14H2,1H3,(H,22,25)/p+1/t15-/m1/s1. The molecule has 0 aliphatic carbocycles. The van der Waals surface area contributed by atoms with Crippen molar-refractivity contribution in [3.63, 3.8) is 0 Å². The molecule has 2 N–H and O–H groups in total. The normalized spacial score (nSPS) is 16.0. The number of nitrogens with one attached hydrogen (secondary N) is 2. The summed E-state index contributed by atoms with van der Waals surface area (Å²) in [7, 11) is 0. The highest BCUT2D eigenvalue weighted by Crippen LogP contribution is 2.24. The molecule has 1 aliphatic heterocycles. The zero-order chi connectivity index (χ0) is 17.9. The Morgan fingerprint density at radius 3 is 2.62 bits per heavy atom. The number of fused-ring (bicyclic) bond motifs is 1. The van der Waals surface area contributed by atoms with Crippen LogP contribution in [0.25, 0.3) is 10.2 Å². The van der Waals surface area contributed by atoms with Gasteiger partial charge in [-0.1, -0.05) is 24.3 Å². The third-order valence-electron chi connectivity index (χ3n) is 5.17. The van der Waals surface area contributed by atoms with E-state index in [2.05, 4.69) is 29.6 Å². The Morgan fingerprint density at radius 1 is 1.15 bits per heavy atom. The zero-order valence-corrected chi connectivity index (χ0v) is 15.8. The largest absolute Gasteiger partial charge is 0.325 e. The summed E-state index contributed by atoms with van der Waals surface area (Å²) in [5.74, 6) is 0.112. The molecule has 134 valence electrons. The van der Waals surface area contributed by atoms with Crippen molar-refractivity contribution in [3.8, 4) is 0 Å². The Morgan fingerprint density at radius 2 is 1.88 bits per heavy atom. The summed E-state index contributed by atoms with van der Waals surface area (Å²) in [5, 5.41) is 4.18. The van der Waals surface area contributed by atoms with E-state index in [-0.39, 0.29) is 11.9 Å². The van der Waals surface area contributed by atoms with E-state index >= 15 is 0 Å². The number of amides is 1. The first kappa shape index (κ1) is 17.2. The lowest BCUT2D eigenvalue weighted by Crippen LogP contribution is -3.14. The first-order chi connectivity index (χ1) is 12.7. The van der Waals surface area contributed by atoms with Crippen LogP contribution in [-0.4, -0.2) is 30.0 Å². The van der Waals surface area contributed by atoms with E-state index in [1.807, 2.05) is 31.2 Å². The number of para-hydroxylation sites is 1. The number of anilines is 1. The van der Waals surface area contributed by atoms with E-state index in [1.54, 1.807) is 11.3 Å². The van der Waals surface area contributed by atoms with Crippen LogP contribution >= 0.6 is 11.3 Å². The molecule has 0 bridgehead atoms. The van der Waals surface area contributed by atoms with E-state index < -0.39 is 0 Å². The van der Waals surface area contributed by atoms with Gasteiger partial charge in [-0.15, -0.1) is 11.3 Å². The number of aromatic nitrogens is 1. The molecule has 2 aromatic carbocycles. The van der Waals surface area contributed by atoms with Crippen LogP contribution in [0.1, 0.15) is 30.3 Å². The van der Waals surface area contributed by atoms with Gasteiger partial charge in [0.25, 0.3) is 5.91 Å². The Kier molecular flexibility index (Phi) is 5.00. The van der Waals surface area contributed by atoms with Crippen molar-refractivity contribution in [2.24, 2.45) is 0 Å². The average molecular weight is 367 g/mol. The molecule has 5 heteroatoms. The van der Waals surface area contributed by atoms with Crippen molar-refractivity contribution in [2.45, 2.75) is 32.2 Å². The minimum absolute atomic E-state index is 0.0138. The summed E-state index contributed by atoms with van der Waals surface area (Å²) in [6.45, 7) is 4.24. The minimum Gasteiger partial charge on any atom is -0.325 e. The number of hydrogen-bond acceptors (Lipinski definition) is 3. The zero-order valence-electron chi connectivity index (χ0n) is 15.0. The van der Waals surface area contributed by atoms with Crippen molar-refractivity contribution in [1.82, 2.24) is 4.98 Å². The highest BCUT2D eigenvalue weighted by atomic mass is 32.1. The van der Waals surface area contributed by atoms with Crippen LogP contribution in [-0.2, 0) is 11.2 Å². The van der Waals surface area contributed by atoms with Gasteiger partial charge in [-0.2, -0.15) is 0 Å². The number of likely N-dealkylation sites (tertiary alicyclic amines) is 1. The lowest BCUT2D eigenvalue weighted by atomic mass is 10.1. The lowest BCUT2D eigenvalue weighted by Gasteiger charge is -2.20. The van der Waals surface area contributed by atoms with Crippen molar-refractivity contribution >= 4 is 33.1 Å². The monoisotopic (exact) mass is 366 g/mol. The molecular formula is C21H24N3OS+. The highest BCUT2D eigenvalue weighted by Gasteiger charge is 2.27. The van der Waals surface area contributed by atoms with Crippen LogP contribution in [0.15, 0.2) is 48.5 Å². The first-order valence-corrected chi connectivity index (χ1v) is 10.1. The van der Waals surface area contributed by atoms with Crippen molar-refractivity contribution in [1.29, 1.82) is 0 Å². The quantitative estimate of drug-likeness (QED) is 0.729. The van der Waals surface area contributed by atoms with Crippen LogP contribution in [0.4, 0.5) is 5.69 Å². The molecule has 4 rings (SSSR count). The van der Waals surface area contributed by atoms with E-state index in [1.165, 1.54) is 28.0 Å². The summed E-state index contributed by atoms with van der Waals surface area (Å²) < 4.78 is 1.23. The summed E-state index contributed by atoms with van der Waals surface area (Å²) >= 11 is 1.74. The second kappa shape index (κ2) is 7.56. The fourth-order valence-electron chi connectivity index (χ4n) is 3.57. The van der Waals surface area contributed by atoms with Crippen molar-refractivity contribution in [2.75, 3.05) is 18.4 Å². The summed E-state index contributed by atoms with van der Waals surface area (Å²) in [6, 6.07) is 16.4. The van der Waals surface area contributed by atoms with Gasteiger partial charge in [-0.05, 0) is 36.8 Å². The van der Waals surface area contributed by atoms with Gasteiger partial charge in [0.05, 0.1) is 28.3 Å². The topological polar surface area (TPSA) is 46.4 Å². The highest BCUT2D eigenvalue weighted by molar-refractivity contribution is 7.18. The predicted molar refractivity (Wildman–Crippen MR) is 107 cm³/mol. The van der Waals surface area contributed by atoms with E-state index in [4.69, 9.17) is 4.98 Å². The third kappa shape index (κ3) is 3.79. The fourth-order valence-corrected chi connectivity index (χ4v) is 4.58.